The molecule has 0 spiro atoms. The number of nitrogens with one attached hydrogen (secondary N) is 1. The summed E-state index contributed by atoms with van der Waals surface area (Å²) in [5.74, 6) is 0. The lowest BCUT2D eigenvalue weighted by Crippen LogP contribution is -2.18. The Balaban J connectivity index is 1.56. The zero-order chi connectivity index (χ0) is 16.2. The molecule has 124 valence electrons. The summed E-state index contributed by atoms with van der Waals surface area (Å²) >= 11 is 0. The van der Waals surface area contributed by atoms with Gasteiger partial charge in [-0.1, -0.05) is 25.0 Å². The van der Waals surface area contributed by atoms with Crippen LogP contribution in [0.5, 0.6) is 0 Å². The van der Waals surface area contributed by atoms with Crippen LogP contribution in [0.15, 0.2) is 41.4 Å². The zero-order valence-electron chi connectivity index (χ0n) is 13.9. The van der Waals surface area contributed by atoms with Gasteiger partial charge in [-0.25, -0.2) is 0 Å². The van der Waals surface area contributed by atoms with Gasteiger partial charge in [0.25, 0.3) is 0 Å². The third-order valence-electron chi connectivity index (χ3n) is 4.66. The molecule has 1 N–H and O–H groups in total. The van der Waals surface area contributed by atoms with Gasteiger partial charge < -0.3 is 5.32 Å². The second kappa shape index (κ2) is 7.41. The van der Waals surface area contributed by atoms with Crippen LogP contribution >= 0.6 is 0 Å². The standard InChI is InChI=1S/C18H25N3OS/c1-14(15-7-9-18(10-8-15)23(2)22)19-13-16-11-12-21(20-16)17-5-3-4-6-17/h7-12,14,17,19H,3-6,13H2,1-2H3/t14-,23-/m1/s1. The van der Waals surface area contributed by atoms with Crippen LogP contribution < -0.4 is 5.32 Å². The largest absolute Gasteiger partial charge is 0.304 e. The van der Waals surface area contributed by atoms with Gasteiger partial charge in [0, 0.05) is 40.7 Å². The number of hydrogen-bond acceptors (Lipinski definition) is 3. The maximum absolute atomic E-state index is 11.4. The van der Waals surface area contributed by atoms with Crippen molar-refractivity contribution in [1.29, 1.82) is 0 Å². The third kappa shape index (κ3) is 4.09. The molecular formula is C18H25N3OS. The molecule has 2 atom stereocenters. The molecular weight excluding hydrogens is 306 g/mol. The van der Waals surface area contributed by atoms with Crippen LogP contribution in [0.25, 0.3) is 0 Å². The molecule has 1 aliphatic carbocycles. The van der Waals surface area contributed by atoms with Crippen molar-refractivity contribution < 1.29 is 4.21 Å². The molecule has 0 unspecified atom stereocenters. The van der Waals surface area contributed by atoms with Gasteiger partial charge in [-0.3, -0.25) is 8.89 Å². The third-order valence-corrected chi connectivity index (χ3v) is 5.60. The smallest absolute Gasteiger partial charge is 0.0762 e. The molecule has 0 bridgehead atoms. The highest BCUT2D eigenvalue weighted by Gasteiger charge is 2.17. The van der Waals surface area contributed by atoms with Crippen LogP contribution in [-0.4, -0.2) is 20.2 Å². The average molecular weight is 331 g/mol. The van der Waals surface area contributed by atoms with Gasteiger partial charge in [-0.05, 0) is 43.5 Å². The molecule has 1 fully saturated rings. The van der Waals surface area contributed by atoms with Crippen LogP contribution in [0.2, 0.25) is 0 Å². The summed E-state index contributed by atoms with van der Waals surface area (Å²) in [5.41, 5.74) is 2.30. The molecule has 1 aliphatic rings. The molecule has 1 saturated carbocycles. The molecule has 1 aromatic heterocycles. The first-order chi connectivity index (χ1) is 11.1. The van der Waals surface area contributed by atoms with Crippen molar-refractivity contribution in [1.82, 2.24) is 15.1 Å². The maximum Gasteiger partial charge on any atom is 0.0762 e. The first kappa shape index (κ1) is 16.4. The molecule has 2 aromatic rings. The van der Waals surface area contributed by atoms with E-state index in [4.69, 9.17) is 5.10 Å². The van der Waals surface area contributed by atoms with E-state index in [0.717, 1.165) is 17.1 Å². The predicted molar refractivity (Wildman–Crippen MR) is 93.8 cm³/mol. The number of aromatic nitrogens is 2. The minimum atomic E-state index is -0.916. The minimum Gasteiger partial charge on any atom is -0.304 e. The Labute approximate surface area is 140 Å². The normalized spacial score (nSPS) is 18.2. The van der Waals surface area contributed by atoms with E-state index >= 15 is 0 Å². The molecule has 3 rings (SSSR count). The van der Waals surface area contributed by atoms with Crippen molar-refractivity contribution >= 4 is 10.8 Å². The molecule has 23 heavy (non-hydrogen) atoms. The summed E-state index contributed by atoms with van der Waals surface area (Å²) in [7, 11) is -0.916. The summed E-state index contributed by atoms with van der Waals surface area (Å²) < 4.78 is 13.6. The summed E-state index contributed by atoms with van der Waals surface area (Å²) in [5, 5.41) is 8.23. The van der Waals surface area contributed by atoms with E-state index in [1.54, 1.807) is 6.26 Å². The first-order valence-electron chi connectivity index (χ1n) is 8.34. The molecule has 1 heterocycles. The number of benzene rings is 1. The van der Waals surface area contributed by atoms with E-state index in [2.05, 4.69) is 29.2 Å². The van der Waals surface area contributed by atoms with E-state index in [-0.39, 0.29) is 6.04 Å². The Morgan fingerprint density at radius 3 is 2.61 bits per heavy atom. The lowest BCUT2D eigenvalue weighted by atomic mass is 10.1. The Hall–Kier alpha value is -1.46. The van der Waals surface area contributed by atoms with Gasteiger partial charge in [-0.15, -0.1) is 0 Å². The van der Waals surface area contributed by atoms with Gasteiger partial charge in [-0.2, -0.15) is 5.10 Å². The van der Waals surface area contributed by atoms with Crippen molar-refractivity contribution in [2.24, 2.45) is 0 Å². The average Bonchev–Trinajstić information content (AvgIpc) is 3.23. The molecule has 1 aromatic carbocycles. The van der Waals surface area contributed by atoms with Crippen LogP contribution in [0.1, 0.15) is 55.9 Å². The van der Waals surface area contributed by atoms with E-state index in [0.29, 0.717) is 6.04 Å². The molecule has 0 saturated heterocycles. The Bertz CT molecular complexity index is 659. The van der Waals surface area contributed by atoms with Crippen LogP contribution in [0, 0.1) is 0 Å². The highest BCUT2D eigenvalue weighted by molar-refractivity contribution is 7.84. The van der Waals surface area contributed by atoms with Crippen molar-refractivity contribution in [2.45, 2.75) is 56.1 Å². The molecule has 4 nitrogen and oxygen atoms in total. The van der Waals surface area contributed by atoms with E-state index in [1.165, 1.54) is 31.2 Å². The number of hydrogen-bond donors (Lipinski definition) is 1. The maximum atomic E-state index is 11.4. The highest BCUT2D eigenvalue weighted by Crippen LogP contribution is 2.28. The van der Waals surface area contributed by atoms with E-state index in [9.17, 15) is 4.21 Å². The molecule has 0 aliphatic heterocycles. The van der Waals surface area contributed by atoms with Crippen molar-refractivity contribution in [3.8, 4) is 0 Å². The fourth-order valence-electron chi connectivity index (χ4n) is 3.17. The lowest BCUT2D eigenvalue weighted by Gasteiger charge is -2.14. The SMILES string of the molecule is C[C@@H](NCc1ccn(C2CCCC2)n1)c1ccc([S@@](C)=O)cc1. The zero-order valence-corrected chi connectivity index (χ0v) is 14.7. The van der Waals surface area contributed by atoms with Gasteiger partial charge in [0.1, 0.15) is 0 Å². The Kier molecular flexibility index (Phi) is 5.28. The van der Waals surface area contributed by atoms with Gasteiger partial charge >= 0.3 is 0 Å². The summed E-state index contributed by atoms with van der Waals surface area (Å²) in [6, 6.07) is 10.9. The fourth-order valence-corrected chi connectivity index (χ4v) is 3.69. The fraction of sp³-hybridized carbons (Fsp3) is 0.500. The van der Waals surface area contributed by atoms with Gasteiger partial charge in [0.2, 0.25) is 0 Å². The van der Waals surface area contributed by atoms with Crippen LogP contribution in [0.4, 0.5) is 0 Å². The van der Waals surface area contributed by atoms with Crippen LogP contribution in [0.3, 0.4) is 0 Å². The topological polar surface area (TPSA) is 46.9 Å². The van der Waals surface area contributed by atoms with Gasteiger partial charge in [0.15, 0.2) is 0 Å². The lowest BCUT2D eigenvalue weighted by molar-refractivity contribution is 0.458. The molecule has 0 radical (unpaired) electrons. The first-order valence-corrected chi connectivity index (χ1v) is 9.90. The summed E-state index contributed by atoms with van der Waals surface area (Å²) in [6.07, 6.45) is 8.99. The van der Waals surface area contributed by atoms with Gasteiger partial charge in [0.05, 0.1) is 11.7 Å². The monoisotopic (exact) mass is 331 g/mol. The summed E-state index contributed by atoms with van der Waals surface area (Å²) in [4.78, 5) is 0.872. The van der Waals surface area contributed by atoms with Crippen molar-refractivity contribution in [3.63, 3.8) is 0 Å². The van der Waals surface area contributed by atoms with E-state index < -0.39 is 10.8 Å². The second-order valence-electron chi connectivity index (χ2n) is 6.35. The number of rotatable bonds is 6. The highest BCUT2D eigenvalue weighted by atomic mass is 32.2. The number of nitrogens with zero attached hydrogens (tertiary/aromatic N) is 2. The minimum absolute atomic E-state index is 0.242. The van der Waals surface area contributed by atoms with Crippen LogP contribution in [-0.2, 0) is 17.3 Å². The molecule has 5 heteroatoms. The predicted octanol–water partition coefficient (Wildman–Crippen LogP) is 3.59. The quantitative estimate of drug-likeness (QED) is 0.880. The van der Waals surface area contributed by atoms with Crippen molar-refractivity contribution in [3.05, 3.63) is 47.8 Å². The Morgan fingerprint density at radius 2 is 1.96 bits per heavy atom. The summed E-state index contributed by atoms with van der Waals surface area (Å²) in [6.45, 7) is 2.91. The molecule has 0 amide bonds. The van der Waals surface area contributed by atoms with E-state index in [1.807, 2.05) is 24.3 Å². The Morgan fingerprint density at radius 1 is 1.26 bits per heavy atom. The second-order valence-corrected chi connectivity index (χ2v) is 7.73. The van der Waals surface area contributed by atoms with Crippen molar-refractivity contribution in [2.75, 3.05) is 6.26 Å².